The SMILES string of the molecule is COc1ccc(Nc2nnc(CNC(C)C)o2)cn1. The molecule has 0 spiro atoms. The number of methoxy groups -OCH3 is 1. The maximum atomic E-state index is 5.44. The molecule has 0 saturated heterocycles. The second-order valence-electron chi connectivity index (χ2n) is 4.25. The maximum absolute atomic E-state index is 5.44. The van der Waals surface area contributed by atoms with Crippen molar-refractivity contribution in [3.8, 4) is 5.88 Å². The van der Waals surface area contributed by atoms with Gasteiger partial charge in [-0.2, -0.15) is 0 Å². The largest absolute Gasteiger partial charge is 0.481 e. The summed E-state index contributed by atoms with van der Waals surface area (Å²) in [6, 6.07) is 4.28. The van der Waals surface area contributed by atoms with Crippen LogP contribution in [0.25, 0.3) is 0 Å². The third kappa shape index (κ3) is 3.92. The predicted octanol–water partition coefficient (Wildman–Crippen LogP) is 1.71. The molecule has 7 nitrogen and oxygen atoms in total. The van der Waals surface area contributed by atoms with Crippen molar-refractivity contribution in [3.63, 3.8) is 0 Å². The summed E-state index contributed by atoms with van der Waals surface area (Å²) in [6.45, 7) is 4.66. The fourth-order valence-corrected chi connectivity index (χ4v) is 1.37. The highest BCUT2D eigenvalue weighted by atomic mass is 16.5. The van der Waals surface area contributed by atoms with Gasteiger partial charge in [-0.1, -0.05) is 18.9 Å². The summed E-state index contributed by atoms with van der Waals surface area (Å²) in [7, 11) is 1.57. The smallest absolute Gasteiger partial charge is 0.320 e. The molecule has 0 radical (unpaired) electrons. The van der Waals surface area contributed by atoms with Crippen LogP contribution in [0, 0.1) is 0 Å². The number of rotatable bonds is 6. The summed E-state index contributed by atoms with van der Waals surface area (Å²) >= 11 is 0. The molecule has 19 heavy (non-hydrogen) atoms. The summed E-state index contributed by atoms with van der Waals surface area (Å²) in [5, 5.41) is 14.0. The molecule has 0 aliphatic carbocycles. The van der Waals surface area contributed by atoms with Crippen LogP contribution in [0.2, 0.25) is 0 Å². The lowest BCUT2D eigenvalue weighted by Crippen LogP contribution is -2.21. The predicted molar refractivity (Wildman–Crippen MR) is 70.3 cm³/mol. The van der Waals surface area contributed by atoms with Crippen molar-refractivity contribution in [2.45, 2.75) is 26.4 Å². The fraction of sp³-hybridized carbons (Fsp3) is 0.417. The summed E-state index contributed by atoms with van der Waals surface area (Å²) in [5.41, 5.74) is 0.757. The minimum Gasteiger partial charge on any atom is -0.481 e. The molecule has 2 heterocycles. The topological polar surface area (TPSA) is 85.1 Å². The average molecular weight is 263 g/mol. The van der Waals surface area contributed by atoms with E-state index in [1.807, 2.05) is 6.07 Å². The Hall–Kier alpha value is -2.15. The van der Waals surface area contributed by atoms with Crippen molar-refractivity contribution in [1.82, 2.24) is 20.5 Å². The monoisotopic (exact) mass is 263 g/mol. The van der Waals surface area contributed by atoms with Gasteiger partial charge in [0.05, 0.1) is 25.5 Å². The third-order valence-electron chi connectivity index (χ3n) is 2.33. The molecule has 2 N–H and O–H groups in total. The molecule has 0 aromatic carbocycles. The molecule has 0 aliphatic heterocycles. The number of nitrogens with zero attached hydrogens (tertiary/aromatic N) is 3. The molecule has 2 aromatic heterocycles. The van der Waals surface area contributed by atoms with E-state index in [0.29, 0.717) is 30.4 Å². The van der Waals surface area contributed by atoms with Crippen LogP contribution in [0.15, 0.2) is 22.7 Å². The van der Waals surface area contributed by atoms with Gasteiger partial charge in [0.2, 0.25) is 11.8 Å². The fourth-order valence-electron chi connectivity index (χ4n) is 1.37. The van der Waals surface area contributed by atoms with Crippen molar-refractivity contribution in [2.24, 2.45) is 0 Å². The van der Waals surface area contributed by atoms with Crippen LogP contribution < -0.4 is 15.4 Å². The Bertz CT molecular complexity index is 509. The van der Waals surface area contributed by atoms with E-state index in [-0.39, 0.29) is 0 Å². The number of ether oxygens (including phenoxy) is 1. The number of hydrogen-bond donors (Lipinski definition) is 2. The van der Waals surface area contributed by atoms with Gasteiger partial charge in [0.1, 0.15) is 0 Å². The standard InChI is InChI=1S/C12H17N5O2/c1-8(2)13-7-11-16-17-12(19-11)15-9-4-5-10(18-3)14-6-9/h4-6,8,13H,7H2,1-3H3,(H,15,17). The Kier molecular flexibility index (Phi) is 4.30. The Labute approximate surface area is 111 Å². The first-order valence-electron chi connectivity index (χ1n) is 6.00. The van der Waals surface area contributed by atoms with Crippen molar-refractivity contribution in [3.05, 3.63) is 24.2 Å². The summed E-state index contributed by atoms with van der Waals surface area (Å²) < 4.78 is 10.4. The molecular formula is C12H17N5O2. The van der Waals surface area contributed by atoms with Gasteiger partial charge < -0.3 is 19.8 Å². The van der Waals surface area contributed by atoms with Gasteiger partial charge in [-0.05, 0) is 6.07 Å². The molecule has 2 rings (SSSR count). The van der Waals surface area contributed by atoms with Gasteiger partial charge in [-0.3, -0.25) is 0 Å². The quantitative estimate of drug-likeness (QED) is 0.820. The highest BCUT2D eigenvalue weighted by molar-refractivity contribution is 5.50. The van der Waals surface area contributed by atoms with Crippen molar-refractivity contribution >= 4 is 11.7 Å². The Morgan fingerprint density at radius 2 is 2.16 bits per heavy atom. The van der Waals surface area contributed by atoms with Gasteiger partial charge >= 0.3 is 6.01 Å². The van der Waals surface area contributed by atoms with E-state index in [1.165, 1.54) is 0 Å². The molecule has 102 valence electrons. The Balaban J connectivity index is 1.95. The highest BCUT2D eigenvalue weighted by Gasteiger charge is 2.06. The van der Waals surface area contributed by atoms with Crippen LogP contribution in [0.5, 0.6) is 5.88 Å². The van der Waals surface area contributed by atoms with Gasteiger partial charge in [-0.15, -0.1) is 5.10 Å². The molecule has 2 aromatic rings. The van der Waals surface area contributed by atoms with Crippen LogP contribution >= 0.6 is 0 Å². The van der Waals surface area contributed by atoms with E-state index in [9.17, 15) is 0 Å². The molecule has 0 bridgehead atoms. The minimum absolute atomic E-state index is 0.340. The first-order valence-corrected chi connectivity index (χ1v) is 6.00. The lowest BCUT2D eigenvalue weighted by atomic mass is 10.4. The molecule has 0 aliphatic rings. The van der Waals surface area contributed by atoms with Crippen molar-refractivity contribution < 1.29 is 9.15 Å². The van der Waals surface area contributed by atoms with E-state index in [1.54, 1.807) is 19.4 Å². The molecule has 0 saturated carbocycles. The lowest BCUT2D eigenvalue weighted by Gasteiger charge is -2.04. The number of aromatic nitrogens is 3. The first kappa shape index (κ1) is 13.3. The average Bonchev–Trinajstić information content (AvgIpc) is 2.85. The minimum atomic E-state index is 0.340. The summed E-state index contributed by atoms with van der Waals surface area (Å²) in [5.74, 6) is 1.09. The van der Waals surface area contributed by atoms with Gasteiger partial charge in [-0.25, -0.2) is 4.98 Å². The van der Waals surface area contributed by atoms with Crippen LogP contribution in [0.1, 0.15) is 19.7 Å². The Morgan fingerprint density at radius 1 is 1.32 bits per heavy atom. The van der Waals surface area contributed by atoms with E-state index in [0.717, 1.165) is 5.69 Å². The normalized spacial score (nSPS) is 10.7. The van der Waals surface area contributed by atoms with Crippen LogP contribution in [-0.4, -0.2) is 28.3 Å². The van der Waals surface area contributed by atoms with E-state index in [4.69, 9.17) is 9.15 Å². The zero-order valence-electron chi connectivity index (χ0n) is 11.2. The van der Waals surface area contributed by atoms with E-state index >= 15 is 0 Å². The molecule has 0 fully saturated rings. The second-order valence-corrected chi connectivity index (χ2v) is 4.25. The third-order valence-corrected chi connectivity index (χ3v) is 2.33. The van der Waals surface area contributed by atoms with Gasteiger partial charge in [0.15, 0.2) is 0 Å². The van der Waals surface area contributed by atoms with Crippen LogP contribution in [0.3, 0.4) is 0 Å². The molecule has 0 atom stereocenters. The lowest BCUT2D eigenvalue weighted by molar-refractivity contribution is 0.398. The van der Waals surface area contributed by atoms with E-state index in [2.05, 4.69) is 39.7 Å². The molecule has 0 unspecified atom stereocenters. The highest BCUT2D eigenvalue weighted by Crippen LogP contribution is 2.16. The zero-order chi connectivity index (χ0) is 13.7. The molecular weight excluding hydrogens is 246 g/mol. The van der Waals surface area contributed by atoms with Crippen LogP contribution in [-0.2, 0) is 6.54 Å². The van der Waals surface area contributed by atoms with Crippen molar-refractivity contribution in [2.75, 3.05) is 12.4 Å². The number of hydrogen-bond acceptors (Lipinski definition) is 7. The molecule has 0 amide bonds. The Morgan fingerprint density at radius 3 is 2.79 bits per heavy atom. The van der Waals surface area contributed by atoms with Crippen molar-refractivity contribution in [1.29, 1.82) is 0 Å². The number of pyridine rings is 1. The number of nitrogens with one attached hydrogen (secondary N) is 2. The van der Waals surface area contributed by atoms with E-state index < -0.39 is 0 Å². The van der Waals surface area contributed by atoms with Gasteiger partial charge in [0, 0.05) is 12.1 Å². The second kappa shape index (κ2) is 6.14. The zero-order valence-corrected chi connectivity index (χ0v) is 11.2. The van der Waals surface area contributed by atoms with Crippen LogP contribution in [0.4, 0.5) is 11.7 Å². The maximum Gasteiger partial charge on any atom is 0.320 e. The molecule has 7 heteroatoms. The first-order chi connectivity index (χ1) is 9.17. The number of anilines is 2. The van der Waals surface area contributed by atoms with Gasteiger partial charge in [0.25, 0.3) is 0 Å². The summed E-state index contributed by atoms with van der Waals surface area (Å²) in [4.78, 5) is 4.07. The summed E-state index contributed by atoms with van der Waals surface area (Å²) in [6.07, 6.45) is 1.63.